The lowest BCUT2D eigenvalue weighted by molar-refractivity contribution is -0.137. The van der Waals surface area contributed by atoms with Gasteiger partial charge in [0.25, 0.3) is 5.91 Å². The Morgan fingerprint density at radius 3 is 2.30 bits per heavy atom. The molecule has 1 saturated carbocycles. The van der Waals surface area contributed by atoms with E-state index < -0.39 is 23.6 Å². The third-order valence-corrected chi connectivity index (χ3v) is 4.85. The van der Waals surface area contributed by atoms with Crippen LogP contribution in [-0.2, 0) is 11.0 Å². The van der Waals surface area contributed by atoms with Crippen molar-refractivity contribution in [2.45, 2.75) is 38.3 Å². The minimum Gasteiger partial charge on any atom is -0.351 e. The minimum atomic E-state index is -4.46. The summed E-state index contributed by atoms with van der Waals surface area (Å²) in [6.45, 7) is -0.0172. The maximum Gasteiger partial charge on any atom is 0.416 e. The van der Waals surface area contributed by atoms with Crippen LogP contribution in [0.4, 0.5) is 13.2 Å². The third-order valence-electron chi connectivity index (χ3n) is 4.85. The normalized spacial score (nSPS) is 16.2. The van der Waals surface area contributed by atoms with Gasteiger partial charge in [-0.05, 0) is 43.0 Å². The molecule has 5 nitrogen and oxygen atoms in total. The predicted octanol–water partition coefficient (Wildman–Crippen LogP) is 3.27. The zero-order valence-corrected chi connectivity index (χ0v) is 14.8. The summed E-state index contributed by atoms with van der Waals surface area (Å²) in [5.74, 6) is -1.16. The van der Waals surface area contributed by atoms with Crippen molar-refractivity contribution in [2.24, 2.45) is 11.8 Å². The summed E-state index contributed by atoms with van der Waals surface area (Å²) in [5, 5.41) is 13.8. The molecule has 0 heterocycles. The predicted molar refractivity (Wildman–Crippen MR) is 92.5 cm³/mol. The van der Waals surface area contributed by atoms with Gasteiger partial charge in [0.15, 0.2) is 0 Å². The molecule has 2 N–H and O–H groups in total. The molecule has 0 radical (unpaired) electrons. The molecule has 1 aliphatic rings. The van der Waals surface area contributed by atoms with E-state index in [4.69, 9.17) is 5.26 Å². The van der Waals surface area contributed by atoms with E-state index in [-0.39, 0.29) is 30.5 Å². The zero-order valence-electron chi connectivity index (χ0n) is 14.8. The van der Waals surface area contributed by atoms with Crippen LogP contribution >= 0.6 is 0 Å². The van der Waals surface area contributed by atoms with Crippen molar-refractivity contribution in [1.29, 1.82) is 5.26 Å². The molecule has 0 spiro atoms. The Hall–Kier alpha value is -2.56. The molecule has 1 aromatic rings. The number of nitrogens with zero attached hydrogens (tertiary/aromatic N) is 1. The first-order valence-electron chi connectivity index (χ1n) is 8.93. The van der Waals surface area contributed by atoms with E-state index in [1.807, 2.05) is 6.07 Å². The highest BCUT2D eigenvalue weighted by atomic mass is 19.4. The fraction of sp³-hybridized carbons (Fsp3) is 0.526. The van der Waals surface area contributed by atoms with Crippen LogP contribution in [0.2, 0.25) is 0 Å². The number of hydrogen-bond acceptors (Lipinski definition) is 3. The highest BCUT2D eigenvalue weighted by Crippen LogP contribution is 2.30. The Balaban J connectivity index is 2.01. The molecule has 8 heteroatoms. The molecule has 0 saturated heterocycles. The molecule has 0 aromatic heterocycles. The van der Waals surface area contributed by atoms with Crippen molar-refractivity contribution in [3.05, 3.63) is 35.4 Å². The first kappa shape index (κ1) is 20.7. The Bertz CT molecular complexity index is 690. The number of nitriles is 1. The highest BCUT2D eigenvalue weighted by Gasteiger charge is 2.31. The number of carbonyl (C=O) groups excluding carboxylic acids is 2. The Kier molecular flexibility index (Phi) is 7.22. The number of alkyl halides is 3. The number of halogens is 3. The van der Waals surface area contributed by atoms with Crippen LogP contribution in [0, 0.1) is 23.2 Å². The summed E-state index contributed by atoms with van der Waals surface area (Å²) < 4.78 is 37.8. The molecule has 146 valence electrons. The second-order valence-corrected chi connectivity index (χ2v) is 6.67. The van der Waals surface area contributed by atoms with Crippen LogP contribution in [0.5, 0.6) is 0 Å². The maximum atomic E-state index is 12.6. The molecule has 0 bridgehead atoms. The minimum absolute atomic E-state index is 0.0851. The molecule has 2 rings (SSSR count). The fourth-order valence-electron chi connectivity index (χ4n) is 3.38. The number of nitrogens with one attached hydrogen (secondary N) is 2. The zero-order chi connectivity index (χ0) is 19.9. The van der Waals surface area contributed by atoms with Crippen LogP contribution in [0.1, 0.15) is 48.0 Å². The van der Waals surface area contributed by atoms with E-state index in [2.05, 4.69) is 10.6 Å². The van der Waals surface area contributed by atoms with Gasteiger partial charge < -0.3 is 10.6 Å². The SMILES string of the molecule is N#CCNC(=O)C(CNC(=O)c1ccc(C(F)(F)F)cc1)C1CCCCC1. The van der Waals surface area contributed by atoms with Gasteiger partial charge in [-0.3, -0.25) is 9.59 Å². The number of rotatable bonds is 6. The molecular weight excluding hydrogens is 359 g/mol. The largest absolute Gasteiger partial charge is 0.416 e. The van der Waals surface area contributed by atoms with Crippen molar-refractivity contribution in [3.8, 4) is 6.07 Å². The highest BCUT2D eigenvalue weighted by molar-refractivity contribution is 5.94. The van der Waals surface area contributed by atoms with Crippen LogP contribution in [-0.4, -0.2) is 24.9 Å². The summed E-state index contributed by atoms with van der Waals surface area (Å²) in [7, 11) is 0. The number of benzene rings is 1. The molecule has 27 heavy (non-hydrogen) atoms. The van der Waals surface area contributed by atoms with E-state index in [0.717, 1.165) is 56.4 Å². The van der Waals surface area contributed by atoms with Crippen molar-refractivity contribution < 1.29 is 22.8 Å². The molecule has 1 fully saturated rings. The monoisotopic (exact) mass is 381 g/mol. The second kappa shape index (κ2) is 9.40. The van der Waals surface area contributed by atoms with E-state index in [0.29, 0.717) is 0 Å². The quantitative estimate of drug-likeness (QED) is 0.742. The van der Waals surface area contributed by atoms with Gasteiger partial charge in [0.05, 0.1) is 17.6 Å². The number of carbonyl (C=O) groups is 2. The van der Waals surface area contributed by atoms with Gasteiger partial charge in [0.2, 0.25) is 5.91 Å². The molecule has 1 atom stereocenters. The molecule has 1 aromatic carbocycles. The molecule has 1 aliphatic carbocycles. The summed E-state index contributed by atoms with van der Waals surface area (Å²) in [6, 6.07) is 5.79. The summed E-state index contributed by atoms with van der Waals surface area (Å²) in [5.41, 5.74) is -0.724. The van der Waals surface area contributed by atoms with E-state index in [1.165, 1.54) is 0 Å². The lowest BCUT2D eigenvalue weighted by Gasteiger charge is -2.29. The van der Waals surface area contributed by atoms with Crippen molar-refractivity contribution in [3.63, 3.8) is 0 Å². The second-order valence-electron chi connectivity index (χ2n) is 6.67. The molecule has 0 aliphatic heterocycles. The van der Waals surface area contributed by atoms with Gasteiger partial charge in [0, 0.05) is 12.1 Å². The third kappa shape index (κ3) is 5.98. The van der Waals surface area contributed by atoms with Gasteiger partial charge in [-0.25, -0.2) is 0 Å². The van der Waals surface area contributed by atoms with Crippen molar-refractivity contribution in [1.82, 2.24) is 10.6 Å². The first-order valence-corrected chi connectivity index (χ1v) is 8.93. The number of amides is 2. The van der Waals surface area contributed by atoms with E-state index in [9.17, 15) is 22.8 Å². The first-order chi connectivity index (χ1) is 12.8. The Morgan fingerprint density at radius 2 is 1.74 bits per heavy atom. The summed E-state index contributed by atoms with van der Waals surface area (Å²) >= 11 is 0. The average molecular weight is 381 g/mol. The van der Waals surface area contributed by atoms with Gasteiger partial charge >= 0.3 is 6.18 Å². The Morgan fingerprint density at radius 1 is 1.11 bits per heavy atom. The summed E-state index contributed by atoms with van der Waals surface area (Å²) in [6.07, 6.45) is 0.432. The van der Waals surface area contributed by atoms with Crippen LogP contribution in [0.25, 0.3) is 0 Å². The Labute approximate surface area is 155 Å². The van der Waals surface area contributed by atoms with Gasteiger partial charge in [-0.2, -0.15) is 18.4 Å². The lowest BCUT2D eigenvalue weighted by Crippen LogP contribution is -2.43. The number of hydrogen-bond donors (Lipinski definition) is 2. The van der Waals surface area contributed by atoms with E-state index in [1.54, 1.807) is 0 Å². The molecule has 1 unspecified atom stereocenters. The topological polar surface area (TPSA) is 82.0 Å². The fourth-order valence-corrected chi connectivity index (χ4v) is 3.38. The molecule has 2 amide bonds. The molecular formula is C19H22F3N3O2. The van der Waals surface area contributed by atoms with Gasteiger partial charge in [-0.1, -0.05) is 19.3 Å². The van der Waals surface area contributed by atoms with Gasteiger partial charge in [-0.15, -0.1) is 0 Å². The van der Waals surface area contributed by atoms with Crippen LogP contribution in [0.3, 0.4) is 0 Å². The average Bonchev–Trinajstić information content (AvgIpc) is 2.66. The summed E-state index contributed by atoms with van der Waals surface area (Å²) in [4.78, 5) is 24.6. The van der Waals surface area contributed by atoms with E-state index >= 15 is 0 Å². The standard InChI is InChI=1S/C19H22F3N3O2/c20-19(21,22)15-8-6-14(7-9-15)17(26)25-12-16(18(27)24-11-10-23)13-4-2-1-3-5-13/h6-9,13,16H,1-5,11-12H2,(H,24,27)(H,25,26). The van der Waals surface area contributed by atoms with Crippen molar-refractivity contribution in [2.75, 3.05) is 13.1 Å². The van der Waals surface area contributed by atoms with Crippen molar-refractivity contribution >= 4 is 11.8 Å². The van der Waals surface area contributed by atoms with Gasteiger partial charge in [0.1, 0.15) is 6.54 Å². The maximum absolute atomic E-state index is 12.6. The van der Waals surface area contributed by atoms with Crippen LogP contribution in [0.15, 0.2) is 24.3 Å². The van der Waals surface area contributed by atoms with Crippen LogP contribution < -0.4 is 10.6 Å². The smallest absolute Gasteiger partial charge is 0.351 e. The lowest BCUT2D eigenvalue weighted by atomic mass is 9.79.